The summed E-state index contributed by atoms with van der Waals surface area (Å²) in [4.78, 5) is 12.6. The number of halogens is 1. The van der Waals surface area contributed by atoms with E-state index in [1.807, 2.05) is 13.0 Å². The number of carbonyl (C=O) groups is 1. The minimum atomic E-state index is -0.439. The highest BCUT2D eigenvalue weighted by molar-refractivity contribution is 6.32. The summed E-state index contributed by atoms with van der Waals surface area (Å²) in [6, 6.07) is 7.15. The van der Waals surface area contributed by atoms with Crippen molar-refractivity contribution in [1.29, 1.82) is 5.26 Å². The van der Waals surface area contributed by atoms with Gasteiger partial charge in [-0.2, -0.15) is 5.26 Å². The number of rotatable bonds is 4. The van der Waals surface area contributed by atoms with Crippen LogP contribution in [-0.4, -0.2) is 19.0 Å². The van der Waals surface area contributed by atoms with Gasteiger partial charge in [-0.15, -0.1) is 0 Å². The minimum absolute atomic E-state index is 0.0749. The van der Waals surface area contributed by atoms with Crippen molar-refractivity contribution in [2.24, 2.45) is 5.73 Å². The number of carbonyl (C=O) groups excluding carboxylic acids is 1. The van der Waals surface area contributed by atoms with E-state index in [4.69, 9.17) is 22.6 Å². The fourth-order valence-corrected chi connectivity index (χ4v) is 1.65. The van der Waals surface area contributed by atoms with E-state index in [0.717, 1.165) is 0 Å². The predicted molar refractivity (Wildman–Crippen MR) is 63.2 cm³/mol. The molecule has 0 atom stereocenters. The highest BCUT2D eigenvalue weighted by atomic mass is 35.5. The van der Waals surface area contributed by atoms with E-state index >= 15 is 0 Å². The van der Waals surface area contributed by atoms with Gasteiger partial charge in [0.25, 0.3) is 0 Å². The maximum atomic E-state index is 10.9. The van der Waals surface area contributed by atoms with E-state index in [9.17, 15) is 4.79 Å². The van der Waals surface area contributed by atoms with Crippen LogP contribution in [0.25, 0.3) is 0 Å². The summed E-state index contributed by atoms with van der Waals surface area (Å²) in [5.74, 6) is -0.439. The molecule has 0 aromatic heterocycles. The maximum absolute atomic E-state index is 10.9. The lowest BCUT2D eigenvalue weighted by atomic mass is 10.1. The molecular weight excluding hydrogens is 226 g/mol. The lowest BCUT2D eigenvalue weighted by Crippen LogP contribution is -2.34. The van der Waals surface area contributed by atoms with E-state index in [1.54, 1.807) is 23.1 Å². The standard InChI is InChI=1S/C11H12ClN3O/c1-2-15(7-11(14)16)10-5-3-4-9(12)8(10)6-13/h3-5H,2,7H2,1H3,(H2,14,16). The van der Waals surface area contributed by atoms with Crippen LogP contribution in [0.2, 0.25) is 5.02 Å². The zero-order valence-corrected chi connectivity index (χ0v) is 9.66. The molecule has 0 saturated heterocycles. The van der Waals surface area contributed by atoms with Crippen LogP contribution in [0.4, 0.5) is 5.69 Å². The van der Waals surface area contributed by atoms with Crippen molar-refractivity contribution in [3.05, 3.63) is 28.8 Å². The molecule has 0 aliphatic heterocycles. The van der Waals surface area contributed by atoms with Crippen molar-refractivity contribution >= 4 is 23.2 Å². The molecule has 0 radical (unpaired) electrons. The molecule has 84 valence electrons. The third-order valence-electron chi connectivity index (χ3n) is 2.17. The van der Waals surface area contributed by atoms with Crippen molar-refractivity contribution in [3.63, 3.8) is 0 Å². The molecule has 0 heterocycles. The Morgan fingerprint density at radius 3 is 2.81 bits per heavy atom. The smallest absolute Gasteiger partial charge is 0.236 e. The Bertz CT molecular complexity index is 439. The van der Waals surface area contributed by atoms with E-state index in [-0.39, 0.29) is 6.54 Å². The van der Waals surface area contributed by atoms with Gasteiger partial charge in [-0.1, -0.05) is 17.7 Å². The number of amides is 1. The molecular formula is C11H12ClN3O. The number of hydrogen-bond donors (Lipinski definition) is 1. The Kier molecular flexibility index (Phi) is 4.15. The van der Waals surface area contributed by atoms with Gasteiger partial charge >= 0.3 is 0 Å². The highest BCUT2D eigenvalue weighted by Gasteiger charge is 2.13. The zero-order chi connectivity index (χ0) is 12.1. The SMILES string of the molecule is CCN(CC(N)=O)c1cccc(Cl)c1C#N. The van der Waals surface area contributed by atoms with Gasteiger partial charge in [0.2, 0.25) is 5.91 Å². The van der Waals surface area contributed by atoms with Crippen molar-refractivity contribution in [2.75, 3.05) is 18.0 Å². The molecule has 1 aromatic rings. The average molecular weight is 238 g/mol. The molecule has 1 rings (SSSR count). The van der Waals surface area contributed by atoms with Crippen LogP contribution >= 0.6 is 11.6 Å². The summed E-state index contributed by atoms with van der Waals surface area (Å²) in [6.45, 7) is 2.54. The van der Waals surface area contributed by atoms with Gasteiger partial charge in [-0.3, -0.25) is 4.79 Å². The summed E-state index contributed by atoms with van der Waals surface area (Å²) in [7, 11) is 0. The zero-order valence-electron chi connectivity index (χ0n) is 8.90. The van der Waals surface area contributed by atoms with E-state index < -0.39 is 5.91 Å². The minimum Gasteiger partial charge on any atom is -0.368 e. The van der Waals surface area contributed by atoms with Crippen LogP contribution in [0.5, 0.6) is 0 Å². The fourth-order valence-electron chi connectivity index (χ4n) is 1.44. The normalized spacial score (nSPS) is 9.56. The number of nitrogens with zero attached hydrogens (tertiary/aromatic N) is 2. The van der Waals surface area contributed by atoms with Crippen LogP contribution in [0, 0.1) is 11.3 Å². The highest BCUT2D eigenvalue weighted by Crippen LogP contribution is 2.26. The molecule has 2 N–H and O–H groups in total. The lowest BCUT2D eigenvalue weighted by Gasteiger charge is -2.22. The first-order chi connectivity index (χ1) is 7.60. The molecule has 16 heavy (non-hydrogen) atoms. The molecule has 0 unspecified atom stereocenters. The monoisotopic (exact) mass is 237 g/mol. The van der Waals surface area contributed by atoms with Crippen LogP contribution in [0.1, 0.15) is 12.5 Å². The van der Waals surface area contributed by atoms with Gasteiger partial charge in [0, 0.05) is 6.54 Å². The fraction of sp³-hybridized carbons (Fsp3) is 0.273. The molecule has 0 bridgehead atoms. The summed E-state index contributed by atoms with van der Waals surface area (Å²) < 4.78 is 0. The molecule has 1 aromatic carbocycles. The Hall–Kier alpha value is -1.73. The Morgan fingerprint density at radius 1 is 1.62 bits per heavy atom. The number of hydrogen-bond acceptors (Lipinski definition) is 3. The van der Waals surface area contributed by atoms with Gasteiger partial charge in [0.05, 0.1) is 22.8 Å². The van der Waals surface area contributed by atoms with Crippen molar-refractivity contribution in [1.82, 2.24) is 0 Å². The van der Waals surface area contributed by atoms with Crippen LogP contribution in [0.15, 0.2) is 18.2 Å². The summed E-state index contributed by atoms with van der Waals surface area (Å²) in [5.41, 5.74) is 6.14. The van der Waals surface area contributed by atoms with Crippen molar-refractivity contribution in [3.8, 4) is 6.07 Å². The van der Waals surface area contributed by atoms with Gasteiger partial charge in [-0.05, 0) is 19.1 Å². The number of primary amides is 1. The van der Waals surface area contributed by atoms with Crippen LogP contribution in [0.3, 0.4) is 0 Å². The third-order valence-corrected chi connectivity index (χ3v) is 2.49. The van der Waals surface area contributed by atoms with Crippen molar-refractivity contribution in [2.45, 2.75) is 6.92 Å². The number of likely N-dealkylation sites (N-methyl/N-ethyl adjacent to an activating group) is 1. The topological polar surface area (TPSA) is 70.1 Å². The predicted octanol–water partition coefficient (Wildman–Crippen LogP) is 1.52. The second-order valence-corrected chi connectivity index (χ2v) is 3.63. The second-order valence-electron chi connectivity index (χ2n) is 3.23. The first-order valence-corrected chi connectivity index (χ1v) is 5.19. The number of benzene rings is 1. The van der Waals surface area contributed by atoms with Gasteiger partial charge in [0.1, 0.15) is 6.07 Å². The molecule has 5 heteroatoms. The molecule has 0 fully saturated rings. The van der Waals surface area contributed by atoms with Crippen LogP contribution < -0.4 is 10.6 Å². The van der Waals surface area contributed by atoms with E-state index in [0.29, 0.717) is 22.8 Å². The summed E-state index contributed by atoms with van der Waals surface area (Å²) in [6.07, 6.45) is 0. The van der Waals surface area contributed by atoms with Gasteiger partial charge in [-0.25, -0.2) is 0 Å². The second kappa shape index (κ2) is 5.38. The summed E-state index contributed by atoms with van der Waals surface area (Å²) in [5, 5.41) is 9.38. The number of nitrogens with two attached hydrogens (primary N) is 1. The molecule has 4 nitrogen and oxygen atoms in total. The van der Waals surface area contributed by atoms with Gasteiger partial charge < -0.3 is 10.6 Å². The van der Waals surface area contributed by atoms with Gasteiger partial charge in [0.15, 0.2) is 0 Å². The van der Waals surface area contributed by atoms with E-state index in [2.05, 4.69) is 0 Å². The first-order valence-electron chi connectivity index (χ1n) is 4.82. The largest absolute Gasteiger partial charge is 0.368 e. The average Bonchev–Trinajstić information content (AvgIpc) is 2.25. The van der Waals surface area contributed by atoms with Crippen molar-refractivity contribution < 1.29 is 4.79 Å². The molecule has 0 saturated carbocycles. The Labute approximate surface area is 99.2 Å². The Balaban J connectivity index is 3.15. The summed E-state index contributed by atoms with van der Waals surface area (Å²) >= 11 is 5.90. The number of anilines is 1. The Morgan fingerprint density at radius 2 is 2.31 bits per heavy atom. The molecule has 0 aliphatic carbocycles. The molecule has 0 spiro atoms. The molecule has 1 amide bonds. The lowest BCUT2D eigenvalue weighted by molar-refractivity contribution is -0.116. The molecule has 0 aliphatic rings. The van der Waals surface area contributed by atoms with Crippen LogP contribution in [-0.2, 0) is 4.79 Å². The quantitative estimate of drug-likeness (QED) is 0.863. The first kappa shape index (κ1) is 12.3. The number of nitriles is 1. The maximum Gasteiger partial charge on any atom is 0.236 e. The van der Waals surface area contributed by atoms with E-state index in [1.165, 1.54) is 0 Å². The third kappa shape index (κ3) is 2.65.